The minimum absolute atomic E-state index is 0.247. The minimum atomic E-state index is -0.247. The highest BCUT2D eigenvalue weighted by Gasteiger charge is 2.15. The number of aryl methyl sites for hydroxylation is 1. The molecule has 0 aliphatic rings. The van der Waals surface area contributed by atoms with Gasteiger partial charge in [-0.05, 0) is 44.2 Å². The molecule has 0 unspecified atom stereocenters. The zero-order chi connectivity index (χ0) is 14.3. The maximum atomic E-state index is 12.2. The molecule has 106 valence electrons. The van der Waals surface area contributed by atoms with Crippen LogP contribution in [0.4, 0.5) is 0 Å². The second-order valence-electron chi connectivity index (χ2n) is 5.08. The highest BCUT2D eigenvalue weighted by Crippen LogP contribution is 2.15. The van der Waals surface area contributed by atoms with Gasteiger partial charge < -0.3 is 4.84 Å². The summed E-state index contributed by atoms with van der Waals surface area (Å²) in [6, 6.07) is 7.73. The van der Waals surface area contributed by atoms with Gasteiger partial charge in [0.1, 0.15) is 0 Å². The van der Waals surface area contributed by atoms with Crippen molar-refractivity contribution in [2.24, 2.45) is 5.92 Å². The molecular formula is C16H25NO2. The molecule has 3 nitrogen and oxygen atoms in total. The number of hydrogen-bond acceptors (Lipinski definition) is 3. The fourth-order valence-corrected chi connectivity index (χ4v) is 1.90. The van der Waals surface area contributed by atoms with E-state index < -0.39 is 0 Å². The van der Waals surface area contributed by atoms with Gasteiger partial charge in [0.25, 0.3) is 0 Å². The van der Waals surface area contributed by atoms with Gasteiger partial charge in [0.15, 0.2) is 0 Å². The summed E-state index contributed by atoms with van der Waals surface area (Å²) in [6.07, 6.45) is 2.00. The third-order valence-corrected chi connectivity index (χ3v) is 3.15. The van der Waals surface area contributed by atoms with Crippen molar-refractivity contribution >= 4 is 5.97 Å². The van der Waals surface area contributed by atoms with Crippen LogP contribution in [0.3, 0.4) is 0 Å². The predicted octanol–water partition coefficient (Wildman–Crippen LogP) is 3.69. The first kappa shape index (κ1) is 15.7. The molecule has 19 heavy (non-hydrogen) atoms. The van der Waals surface area contributed by atoms with Crippen LogP contribution in [-0.2, 0) is 11.3 Å². The standard InChI is InChI=1S/C16H25NO2/c1-5-17(6-2)19-16(18)15-10-8-7-9-14(15)12-11-13(3)4/h7-10,13H,5-6,11-12H2,1-4H3. The Morgan fingerprint density at radius 1 is 1.21 bits per heavy atom. The zero-order valence-electron chi connectivity index (χ0n) is 12.5. The molecule has 1 aromatic rings. The Hall–Kier alpha value is -1.35. The second kappa shape index (κ2) is 7.95. The van der Waals surface area contributed by atoms with Gasteiger partial charge in [-0.25, -0.2) is 4.79 Å². The third kappa shape index (κ3) is 5.03. The van der Waals surface area contributed by atoms with Crippen LogP contribution in [0.15, 0.2) is 24.3 Å². The number of hydrogen-bond donors (Lipinski definition) is 0. The maximum absolute atomic E-state index is 12.2. The summed E-state index contributed by atoms with van der Waals surface area (Å²) < 4.78 is 0. The average molecular weight is 263 g/mol. The summed E-state index contributed by atoms with van der Waals surface area (Å²) in [5.41, 5.74) is 1.77. The molecule has 0 fully saturated rings. The van der Waals surface area contributed by atoms with E-state index in [2.05, 4.69) is 13.8 Å². The van der Waals surface area contributed by atoms with E-state index in [4.69, 9.17) is 4.84 Å². The molecular weight excluding hydrogens is 238 g/mol. The zero-order valence-corrected chi connectivity index (χ0v) is 12.5. The Kier molecular flexibility index (Phi) is 6.57. The summed E-state index contributed by atoms with van der Waals surface area (Å²) in [5, 5.41) is 1.67. The summed E-state index contributed by atoms with van der Waals surface area (Å²) >= 11 is 0. The molecule has 0 spiro atoms. The van der Waals surface area contributed by atoms with E-state index in [1.54, 1.807) is 5.06 Å². The van der Waals surface area contributed by atoms with E-state index in [1.165, 1.54) is 0 Å². The first-order valence-corrected chi connectivity index (χ1v) is 7.13. The minimum Gasteiger partial charge on any atom is -0.364 e. The van der Waals surface area contributed by atoms with Crippen molar-refractivity contribution in [3.63, 3.8) is 0 Å². The topological polar surface area (TPSA) is 29.5 Å². The van der Waals surface area contributed by atoms with E-state index in [9.17, 15) is 4.79 Å². The van der Waals surface area contributed by atoms with Gasteiger partial charge in [-0.3, -0.25) is 0 Å². The number of rotatable bonds is 7. The lowest BCUT2D eigenvalue weighted by atomic mass is 9.98. The maximum Gasteiger partial charge on any atom is 0.357 e. The Morgan fingerprint density at radius 2 is 1.84 bits per heavy atom. The first-order valence-electron chi connectivity index (χ1n) is 7.13. The SMILES string of the molecule is CCN(CC)OC(=O)c1ccccc1CCC(C)C. The molecule has 0 heterocycles. The van der Waals surface area contributed by atoms with Gasteiger partial charge in [0.05, 0.1) is 5.56 Å². The Balaban J connectivity index is 2.78. The van der Waals surface area contributed by atoms with E-state index in [0.29, 0.717) is 24.6 Å². The largest absolute Gasteiger partial charge is 0.364 e. The van der Waals surface area contributed by atoms with Crippen molar-refractivity contribution in [2.75, 3.05) is 13.1 Å². The number of carbonyl (C=O) groups is 1. The molecule has 0 radical (unpaired) electrons. The van der Waals surface area contributed by atoms with Crippen molar-refractivity contribution in [1.82, 2.24) is 5.06 Å². The van der Waals surface area contributed by atoms with Crippen LogP contribution in [0.5, 0.6) is 0 Å². The number of hydroxylamine groups is 2. The number of benzene rings is 1. The summed E-state index contributed by atoms with van der Waals surface area (Å²) in [5.74, 6) is 0.384. The summed E-state index contributed by atoms with van der Waals surface area (Å²) in [4.78, 5) is 17.6. The highest BCUT2D eigenvalue weighted by atomic mass is 16.7. The Morgan fingerprint density at radius 3 is 2.42 bits per heavy atom. The van der Waals surface area contributed by atoms with Crippen LogP contribution < -0.4 is 0 Å². The van der Waals surface area contributed by atoms with Gasteiger partial charge >= 0.3 is 5.97 Å². The predicted molar refractivity (Wildman–Crippen MR) is 77.9 cm³/mol. The fraction of sp³-hybridized carbons (Fsp3) is 0.562. The van der Waals surface area contributed by atoms with Crippen molar-refractivity contribution in [1.29, 1.82) is 0 Å². The van der Waals surface area contributed by atoms with Crippen molar-refractivity contribution in [3.8, 4) is 0 Å². The van der Waals surface area contributed by atoms with Crippen molar-refractivity contribution in [3.05, 3.63) is 35.4 Å². The molecule has 0 aliphatic heterocycles. The molecule has 1 aromatic carbocycles. The van der Waals surface area contributed by atoms with E-state index in [1.807, 2.05) is 38.1 Å². The quantitative estimate of drug-likeness (QED) is 0.703. The van der Waals surface area contributed by atoms with Crippen LogP contribution in [0.1, 0.15) is 50.0 Å². The molecule has 1 rings (SSSR count). The first-order chi connectivity index (χ1) is 9.08. The molecule has 0 saturated carbocycles. The van der Waals surface area contributed by atoms with E-state index in [-0.39, 0.29) is 5.97 Å². The average Bonchev–Trinajstić information content (AvgIpc) is 2.42. The molecule has 3 heteroatoms. The van der Waals surface area contributed by atoms with Crippen LogP contribution in [0.2, 0.25) is 0 Å². The number of carbonyl (C=O) groups excluding carboxylic acids is 1. The third-order valence-electron chi connectivity index (χ3n) is 3.15. The fourth-order valence-electron chi connectivity index (χ4n) is 1.90. The second-order valence-corrected chi connectivity index (χ2v) is 5.08. The van der Waals surface area contributed by atoms with Crippen molar-refractivity contribution < 1.29 is 9.63 Å². The van der Waals surface area contributed by atoms with Crippen LogP contribution in [0.25, 0.3) is 0 Å². The normalized spacial score (nSPS) is 11.1. The lowest BCUT2D eigenvalue weighted by molar-refractivity contribution is -0.103. The Bertz CT molecular complexity index is 397. The van der Waals surface area contributed by atoms with Gasteiger partial charge in [-0.1, -0.05) is 32.0 Å². The van der Waals surface area contributed by atoms with Gasteiger partial charge in [0.2, 0.25) is 0 Å². The van der Waals surface area contributed by atoms with Crippen LogP contribution in [-0.4, -0.2) is 24.1 Å². The smallest absolute Gasteiger partial charge is 0.357 e. The van der Waals surface area contributed by atoms with E-state index in [0.717, 1.165) is 18.4 Å². The Labute approximate surface area is 116 Å². The van der Waals surface area contributed by atoms with Gasteiger partial charge in [0, 0.05) is 13.1 Å². The molecule has 0 atom stereocenters. The highest BCUT2D eigenvalue weighted by molar-refractivity contribution is 5.90. The molecule has 0 saturated heterocycles. The van der Waals surface area contributed by atoms with E-state index >= 15 is 0 Å². The molecule has 0 amide bonds. The molecule has 0 bridgehead atoms. The lowest BCUT2D eigenvalue weighted by Crippen LogP contribution is -2.27. The molecule has 0 aromatic heterocycles. The van der Waals surface area contributed by atoms with Gasteiger partial charge in [-0.15, -0.1) is 5.06 Å². The molecule has 0 N–H and O–H groups in total. The summed E-state index contributed by atoms with van der Waals surface area (Å²) in [7, 11) is 0. The van der Waals surface area contributed by atoms with Crippen LogP contribution >= 0.6 is 0 Å². The van der Waals surface area contributed by atoms with Crippen LogP contribution in [0, 0.1) is 5.92 Å². The summed E-state index contributed by atoms with van der Waals surface area (Å²) in [6.45, 7) is 9.74. The monoisotopic (exact) mass is 263 g/mol. The molecule has 0 aliphatic carbocycles. The van der Waals surface area contributed by atoms with Gasteiger partial charge in [-0.2, -0.15) is 0 Å². The van der Waals surface area contributed by atoms with Crippen molar-refractivity contribution in [2.45, 2.75) is 40.5 Å². The number of nitrogens with zero attached hydrogens (tertiary/aromatic N) is 1. The lowest BCUT2D eigenvalue weighted by Gasteiger charge is -2.18.